The molecule has 0 saturated carbocycles. The Morgan fingerprint density at radius 2 is 2.24 bits per heavy atom. The fourth-order valence-corrected chi connectivity index (χ4v) is 3.34. The van der Waals surface area contributed by atoms with E-state index in [4.69, 9.17) is 14.2 Å². The summed E-state index contributed by atoms with van der Waals surface area (Å²) >= 11 is 1.28. The van der Waals surface area contributed by atoms with Crippen LogP contribution in [0, 0.1) is 0 Å². The van der Waals surface area contributed by atoms with Gasteiger partial charge in [0.25, 0.3) is 0 Å². The zero-order valence-corrected chi connectivity index (χ0v) is 14.9. The first kappa shape index (κ1) is 17.3. The highest BCUT2D eigenvalue weighted by Crippen LogP contribution is 2.36. The number of hydrogen-bond acceptors (Lipinski definition) is 7. The van der Waals surface area contributed by atoms with Gasteiger partial charge in [0.15, 0.2) is 28.6 Å². The minimum atomic E-state index is -0.394. The van der Waals surface area contributed by atoms with Crippen LogP contribution in [0.3, 0.4) is 0 Å². The van der Waals surface area contributed by atoms with E-state index in [1.165, 1.54) is 18.9 Å². The van der Waals surface area contributed by atoms with Crippen molar-refractivity contribution in [3.8, 4) is 11.5 Å². The molecule has 0 N–H and O–H groups in total. The molecule has 3 rings (SSSR count). The molecule has 2 aromatic rings. The maximum atomic E-state index is 11.7. The van der Waals surface area contributed by atoms with E-state index >= 15 is 0 Å². The summed E-state index contributed by atoms with van der Waals surface area (Å²) in [6.45, 7) is 6.38. The number of carbonyl (C=O) groups excluding carboxylic acids is 1. The number of carbonyl (C=O) groups is 1. The van der Waals surface area contributed by atoms with Gasteiger partial charge in [-0.25, -0.2) is 0 Å². The van der Waals surface area contributed by atoms with Gasteiger partial charge in [0.05, 0.1) is 7.11 Å². The Bertz CT molecular complexity index is 777. The number of benzene rings is 1. The minimum Gasteiger partial charge on any atom is -0.485 e. The van der Waals surface area contributed by atoms with Crippen LogP contribution in [-0.2, 0) is 16.1 Å². The predicted octanol–water partition coefficient (Wildman–Crippen LogP) is 2.63. The number of nitrogens with zero attached hydrogens (tertiary/aromatic N) is 3. The quantitative estimate of drug-likeness (QED) is 0.445. The molecule has 1 aliphatic rings. The Morgan fingerprint density at radius 3 is 2.96 bits per heavy atom. The first-order valence-electron chi connectivity index (χ1n) is 7.81. The number of hydrogen-bond donors (Lipinski definition) is 0. The van der Waals surface area contributed by atoms with Crippen LogP contribution in [0.25, 0.3) is 0 Å². The Kier molecular flexibility index (Phi) is 5.28. The zero-order valence-electron chi connectivity index (χ0n) is 14.0. The van der Waals surface area contributed by atoms with E-state index in [0.717, 1.165) is 0 Å². The third kappa shape index (κ3) is 3.63. The van der Waals surface area contributed by atoms with Crippen LogP contribution >= 0.6 is 11.8 Å². The highest BCUT2D eigenvalue weighted by atomic mass is 32.2. The number of esters is 1. The molecule has 8 heteroatoms. The molecule has 1 aromatic heterocycles. The molecule has 0 amide bonds. The molecular weight excluding hydrogens is 342 g/mol. The Hall–Kier alpha value is -2.48. The molecule has 25 heavy (non-hydrogen) atoms. The highest BCUT2D eigenvalue weighted by molar-refractivity contribution is 8.00. The van der Waals surface area contributed by atoms with Gasteiger partial charge in [0, 0.05) is 6.54 Å². The zero-order chi connectivity index (χ0) is 17.8. The Labute approximate surface area is 150 Å². The molecule has 0 unspecified atom stereocenters. The summed E-state index contributed by atoms with van der Waals surface area (Å²) in [5.41, 5.74) is 0. The van der Waals surface area contributed by atoms with E-state index in [2.05, 4.69) is 16.8 Å². The summed E-state index contributed by atoms with van der Waals surface area (Å²) in [5, 5.41) is 8.68. The molecule has 2 atom stereocenters. The van der Waals surface area contributed by atoms with Gasteiger partial charge in [-0.1, -0.05) is 30.0 Å². The molecule has 0 aliphatic carbocycles. The summed E-state index contributed by atoms with van der Waals surface area (Å²) in [7, 11) is 1.37. The second kappa shape index (κ2) is 7.60. The largest absolute Gasteiger partial charge is 0.485 e. The summed E-state index contributed by atoms with van der Waals surface area (Å²) in [5.74, 6) is 1.70. The lowest BCUT2D eigenvalue weighted by atomic mass is 10.2. The molecule has 0 fully saturated rings. The summed E-state index contributed by atoms with van der Waals surface area (Å²) in [6.07, 6.45) is 1.36. The number of allylic oxidation sites excluding steroid dienone is 1. The van der Waals surface area contributed by atoms with Crippen LogP contribution in [0.1, 0.15) is 18.9 Å². The summed E-state index contributed by atoms with van der Waals surface area (Å²) in [4.78, 5) is 11.7. The van der Waals surface area contributed by atoms with Gasteiger partial charge < -0.3 is 14.2 Å². The number of thioether (sulfide) groups is 1. The number of aromatic nitrogens is 3. The van der Waals surface area contributed by atoms with Gasteiger partial charge in [0.1, 0.15) is 11.9 Å². The van der Waals surface area contributed by atoms with Crippen molar-refractivity contribution in [2.24, 2.45) is 0 Å². The van der Waals surface area contributed by atoms with Crippen LogP contribution in [0.2, 0.25) is 0 Å². The molecule has 1 aliphatic heterocycles. The SMILES string of the molecule is C=CCn1c(S[C@H](C)C(=O)OC)nnc1[C@H]1COc2ccccc2O1. The predicted molar refractivity (Wildman–Crippen MR) is 92.9 cm³/mol. The Balaban J connectivity index is 1.85. The first-order valence-corrected chi connectivity index (χ1v) is 8.69. The normalized spacial score (nSPS) is 17.0. The monoisotopic (exact) mass is 361 g/mol. The molecule has 0 saturated heterocycles. The van der Waals surface area contributed by atoms with Gasteiger partial charge in [-0.2, -0.15) is 0 Å². The van der Waals surface area contributed by atoms with Crippen LogP contribution in [-0.4, -0.2) is 39.7 Å². The van der Waals surface area contributed by atoms with Crippen LogP contribution in [0.4, 0.5) is 0 Å². The molecule has 132 valence electrons. The van der Waals surface area contributed by atoms with Crippen molar-refractivity contribution in [3.05, 3.63) is 42.7 Å². The van der Waals surface area contributed by atoms with Gasteiger partial charge >= 0.3 is 5.97 Å². The second-order valence-electron chi connectivity index (χ2n) is 5.39. The molecule has 0 radical (unpaired) electrons. The molecule has 0 spiro atoms. The van der Waals surface area contributed by atoms with Gasteiger partial charge in [-0.3, -0.25) is 9.36 Å². The third-order valence-corrected chi connectivity index (χ3v) is 4.73. The second-order valence-corrected chi connectivity index (χ2v) is 6.70. The lowest BCUT2D eigenvalue weighted by Crippen LogP contribution is -2.25. The van der Waals surface area contributed by atoms with Gasteiger partial charge in [0.2, 0.25) is 0 Å². The number of methoxy groups -OCH3 is 1. The van der Waals surface area contributed by atoms with E-state index in [9.17, 15) is 4.79 Å². The van der Waals surface area contributed by atoms with Crippen molar-refractivity contribution in [1.82, 2.24) is 14.8 Å². The van der Waals surface area contributed by atoms with Crippen molar-refractivity contribution in [3.63, 3.8) is 0 Å². The van der Waals surface area contributed by atoms with Crippen LogP contribution in [0.5, 0.6) is 11.5 Å². The number of rotatable bonds is 6. The van der Waals surface area contributed by atoms with E-state index in [1.807, 2.05) is 28.8 Å². The highest BCUT2D eigenvalue weighted by Gasteiger charge is 2.29. The van der Waals surface area contributed by atoms with Crippen molar-refractivity contribution in [1.29, 1.82) is 0 Å². The number of ether oxygens (including phenoxy) is 3. The van der Waals surface area contributed by atoms with Crippen molar-refractivity contribution in [2.75, 3.05) is 13.7 Å². The average Bonchev–Trinajstić information content (AvgIpc) is 3.03. The van der Waals surface area contributed by atoms with Gasteiger partial charge in [-0.15, -0.1) is 16.8 Å². The minimum absolute atomic E-state index is 0.314. The molecular formula is C17H19N3O4S. The van der Waals surface area contributed by atoms with E-state index in [1.54, 1.807) is 13.0 Å². The molecule has 0 bridgehead atoms. The standard InChI is InChI=1S/C17H19N3O4S/c1-4-9-20-15(18-19-17(20)25-11(2)16(21)22-3)14-10-23-12-7-5-6-8-13(12)24-14/h4-8,11,14H,1,9-10H2,2-3H3/t11-,14-/m1/s1. The lowest BCUT2D eigenvalue weighted by molar-refractivity contribution is -0.139. The maximum absolute atomic E-state index is 11.7. The van der Waals surface area contributed by atoms with Gasteiger partial charge in [-0.05, 0) is 19.1 Å². The van der Waals surface area contributed by atoms with Crippen molar-refractivity contribution in [2.45, 2.75) is 30.0 Å². The third-order valence-electron chi connectivity index (χ3n) is 3.67. The molecule has 7 nitrogen and oxygen atoms in total. The maximum Gasteiger partial charge on any atom is 0.318 e. The van der Waals surface area contributed by atoms with E-state index in [-0.39, 0.29) is 12.1 Å². The van der Waals surface area contributed by atoms with Crippen LogP contribution in [0.15, 0.2) is 42.1 Å². The van der Waals surface area contributed by atoms with Crippen molar-refractivity contribution >= 4 is 17.7 Å². The summed E-state index contributed by atoms with van der Waals surface area (Å²) < 4.78 is 18.4. The fraction of sp³-hybridized carbons (Fsp3) is 0.353. The topological polar surface area (TPSA) is 75.5 Å². The Morgan fingerprint density at radius 1 is 1.48 bits per heavy atom. The smallest absolute Gasteiger partial charge is 0.318 e. The average molecular weight is 361 g/mol. The lowest BCUT2D eigenvalue weighted by Gasteiger charge is -2.26. The number of fused-ring (bicyclic) bond motifs is 1. The van der Waals surface area contributed by atoms with Crippen LogP contribution < -0.4 is 9.47 Å². The van der Waals surface area contributed by atoms with Crippen molar-refractivity contribution < 1.29 is 19.0 Å². The number of para-hydroxylation sites is 2. The first-order chi connectivity index (χ1) is 12.1. The molecule has 2 heterocycles. The summed E-state index contributed by atoms with van der Waals surface area (Å²) in [6, 6.07) is 7.49. The van der Waals surface area contributed by atoms with E-state index < -0.39 is 5.25 Å². The van der Waals surface area contributed by atoms with E-state index in [0.29, 0.717) is 35.6 Å². The fourth-order valence-electron chi connectivity index (χ4n) is 2.45. The molecule has 1 aromatic carbocycles.